The van der Waals surface area contributed by atoms with Crippen LogP contribution in [0, 0.1) is 5.82 Å². The maximum absolute atomic E-state index is 15.2. The van der Waals surface area contributed by atoms with Gasteiger partial charge in [0.15, 0.2) is 0 Å². The van der Waals surface area contributed by atoms with E-state index >= 15 is 4.39 Å². The summed E-state index contributed by atoms with van der Waals surface area (Å²) in [6, 6.07) is 12.4. The van der Waals surface area contributed by atoms with Gasteiger partial charge in [-0.3, -0.25) is 4.79 Å². The highest BCUT2D eigenvalue weighted by Gasteiger charge is 2.24. The molecule has 0 fully saturated rings. The number of ether oxygens (including phenoxy) is 2. The quantitative estimate of drug-likeness (QED) is 0.332. The summed E-state index contributed by atoms with van der Waals surface area (Å²) in [5.74, 6) is -2.37. The number of hydrogen-bond acceptors (Lipinski definition) is 5. The van der Waals surface area contributed by atoms with Gasteiger partial charge >= 0.3 is 11.9 Å². The minimum atomic E-state index is -0.731. The van der Waals surface area contributed by atoms with Crippen molar-refractivity contribution in [1.29, 1.82) is 0 Å². The lowest BCUT2D eigenvalue weighted by Gasteiger charge is -2.20. The van der Waals surface area contributed by atoms with E-state index in [-0.39, 0.29) is 16.8 Å². The summed E-state index contributed by atoms with van der Waals surface area (Å²) >= 11 is 0. The molecule has 0 aliphatic rings. The van der Waals surface area contributed by atoms with Gasteiger partial charge in [-0.15, -0.1) is 0 Å². The molecule has 1 aromatic heterocycles. The monoisotopic (exact) mass is 465 g/mol. The summed E-state index contributed by atoms with van der Waals surface area (Å²) in [5, 5.41) is 0. The van der Waals surface area contributed by atoms with Gasteiger partial charge < -0.3 is 14.0 Å². The van der Waals surface area contributed by atoms with Gasteiger partial charge in [0.05, 0.1) is 29.5 Å². The first-order valence-electron chi connectivity index (χ1n) is 11.0. The Kier molecular flexibility index (Phi) is 7.35. The van der Waals surface area contributed by atoms with E-state index in [1.807, 2.05) is 6.92 Å². The predicted octanol–water partition coefficient (Wildman–Crippen LogP) is 5.68. The number of carbonyl (C=O) groups excluding carboxylic acids is 3. The van der Waals surface area contributed by atoms with Crippen LogP contribution in [0.1, 0.15) is 70.9 Å². The Morgan fingerprint density at radius 3 is 2.29 bits per heavy atom. The van der Waals surface area contributed by atoms with Crippen molar-refractivity contribution in [3.05, 3.63) is 82.9 Å². The van der Waals surface area contributed by atoms with Gasteiger partial charge in [0, 0.05) is 12.7 Å². The fourth-order valence-electron chi connectivity index (χ4n) is 3.61. The molecule has 178 valence electrons. The maximum atomic E-state index is 15.2. The molecule has 0 saturated heterocycles. The lowest BCUT2D eigenvalue weighted by atomic mass is 9.97. The van der Waals surface area contributed by atoms with Crippen LogP contribution in [0.4, 0.5) is 4.39 Å². The Bertz CT molecular complexity index is 1240. The number of esters is 2. The maximum Gasteiger partial charge on any atom is 0.339 e. The van der Waals surface area contributed by atoms with Gasteiger partial charge in [-0.1, -0.05) is 31.2 Å². The molecule has 3 rings (SSSR count). The zero-order valence-corrected chi connectivity index (χ0v) is 20.0. The van der Waals surface area contributed by atoms with Crippen LogP contribution < -0.4 is 0 Å². The van der Waals surface area contributed by atoms with Crippen molar-refractivity contribution in [2.75, 3.05) is 7.11 Å². The molecule has 34 heavy (non-hydrogen) atoms. The van der Waals surface area contributed by atoms with Crippen LogP contribution in [0.15, 0.2) is 54.7 Å². The van der Waals surface area contributed by atoms with Crippen LogP contribution in [0.3, 0.4) is 0 Å². The Morgan fingerprint density at radius 2 is 1.68 bits per heavy atom. The highest BCUT2D eigenvalue weighted by atomic mass is 19.1. The smallest absolute Gasteiger partial charge is 0.339 e. The molecule has 0 spiro atoms. The first-order chi connectivity index (χ1) is 16.1. The van der Waals surface area contributed by atoms with E-state index in [1.54, 1.807) is 55.7 Å². The highest BCUT2D eigenvalue weighted by Crippen LogP contribution is 2.28. The number of rotatable bonds is 7. The van der Waals surface area contributed by atoms with Gasteiger partial charge in [-0.2, -0.15) is 0 Å². The van der Waals surface area contributed by atoms with E-state index in [4.69, 9.17) is 9.47 Å². The molecule has 6 nitrogen and oxygen atoms in total. The number of aromatic nitrogens is 1. The Morgan fingerprint density at radius 1 is 0.971 bits per heavy atom. The molecule has 7 heteroatoms. The molecule has 0 aliphatic heterocycles. The van der Waals surface area contributed by atoms with Crippen LogP contribution >= 0.6 is 0 Å². The first kappa shape index (κ1) is 24.9. The van der Waals surface area contributed by atoms with Crippen LogP contribution in [0.25, 0.3) is 11.1 Å². The van der Waals surface area contributed by atoms with Crippen molar-refractivity contribution >= 4 is 17.7 Å². The number of benzene rings is 2. The fraction of sp³-hybridized carbons (Fsp3) is 0.296. The van der Waals surface area contributed by atoms with Crippen LogP contribution in [0.5, 0.6) is 0 Å². The zero-order chi connectivity index (χ0) is 25.0. The Labute approximate surface area is 198 Å². The zero-order valence-electron chi connectivity index (χ0n) is 20.0. The molecule has 1 heterocycles. The molecular formula is C27H28FNO5. The molecule has 0 amide bonds. The molecule has 0 saturated carbocycles. The van der Waals surface area contributed by atoms with Crippen molar-refractivity contribution in [2.45, 2.75) is 46.3 Å². The number of aryl methyl sites for hydroxylation is 1. The van der Waals surface area contributed by atoms with Gasteiger partial charge in [0.25, 0.3) is 0 Å². The minimum absolute atomic E-state index is 0.134. The van der Waals surface area contributed by atoms with Crippen LogP contribution in [0.2, 0.25) is 0 Å². The summed E-state index contributed by atoms with van der Waals surface area (Å²) in [6.07, 6.45) is 2.25. The van der Waals surface area contributed by atoms with Crippen LogP contribution in [-0.2, 0) is 16.0 Å². The molecule has 0 aliphatic carbocycles. The number of halogens is 1. The molecule has 0 unspecified atom stereocenters. The SMILES string of the molecule is CCCn1cc(C(=O)OC)cc1C(=O)c1ccc(-c2ccccc2C(=O)OC(C)(C)C)cc1F. The number of ketones is 1. The average molecular weight is 466 g/mol. The number of carbonyl (C=O) groups is 3. The van der Waals surface area contributed by atoms with E-state index in [2.05, 4.69) is 0 Å². The molecule has 2 aromatic carbocycles. The van der Waals surface area contributed by atoms with Crippen molar-refractivity contribution in [1.82, 2.24) is 4.57 Å². The summed E-state index contributed by atoms with van der Waals surface area (Å²) in [7, 11) is 1.26. The predicted molar refractivity (Wildman–Crippen MR) is 126 cm³/mol. The summed E-state index contributed by atoms with van der Waals surface area (Å²) in [6.45, 7) is 7.74. The minimum Gasteiger partial charge on any atom is -0.465 e. The summed E-state index contributed by atoms with van der Waals surface area (Å²) < 4.78 is 27.0. The van der Waals surface area contributed by atoms with Crippen molar-refractivity contribution < 1.29 is 28.2 Å². The Hall–Kier alpha value is -3.74. The summed E-state index contributed by atoms with van der Waals surface area (Å²) in [4.78, 5) is 37.8. The van der Waals surface area contributed by atoms with Gasteiger partial charge in [-0.05, 0) is 62.6 Å². The standard InChI is InChI=1S/C27H28FNO5/c1-6-13-29-16-18(25(31)33-5)15-23(29)24(30)21-12-11-17(14-22(21)28)19-9-7-8-10-20(19)26(32)34-27(2,3)4/h7-12,14-16H,6,13H2,1-5H3. The average Bonchev–Trinajstić information content (AvgIpc) is 3.21. The largest absolute Gasteiger partial charge is 0.465 e. The van der Waals surface area contributed by atoms with E-state index in [9.17, 15) is 14.4 Å². The third-order valence-corrected chi connectivity index (χ3v) is 5.09. The van der Waals surface area contributed by atoms with Gasteiger partial charge in [0.1, 0.15) is 11.4 Å². The molecule has 0 radical (unpaired) electrons. The normalized spacial score (nSPS) is 11.2. The highest BCUT2D eigenvalue weighted by molar-refractivity contribution is 6.09. The molecular weight excluding hydrogens is 437 g/mol. The second kappa shape index (κ2) is 10.0. The van der Waals surface area contributed by atoms with Crippen molar-refractivity contribution in [2.24, 2.45) is 0 Å². The lowest BCUT2D eigenvalue weighted by Crippen LogP contribution is -2.24. The first-order valence-corrected chi connectivity index (χ1v) is 11.0. The third kappa shape index (κ3) is 5.42. The second-order valence-corrected chi connectivity index (χ2v) is 8.87. The van der Waals surface area contributed by atoms with E-state index < -0.39 is 29.1 Å². The number of nitrogens with zero attached hydrogens (tertiary/aromatic N) is 1. The van der Waals surface area contributed by atoms with E-state index in [0.29, 0.717) is 23.2 Å². The van der Waals surface area contributed by atoms with Gasteiger partial charge in [-0.25, -0.2) is 14.0 Å². The molecule has 0 N–H and O–H groups in total. The Balaban J connectivity index is 1.99. The molecule has 3 aromatic rings. The number of hydrogen-bond donors (Lipinski definition) is 0. The second-order valence-electron chi connectivity index (χ2n) is 8.87. The topological polar surface area (TPSA) is 74.6 Å². The summed E-state index contributed by atoms with van der Waals surface area (Å²) in [5.41, 5.74) is 0.848. The van der Waals surface area contributed by atoms with Crippen molar-refractivity contribution in [3.63, 3.8) is 0 Å². The van der Waals surface area contributed by atoms with Crippen LogP contribution in [-0.4, -0.2) is 35.0 Å². The van der Waals surface area contributed by atoms with E-state index in [0.717, 1.165) is 6.42 Å². The number of methoxy groups -OCH3 is 1. The van der Waals surface area contributed by atoms with Crippen molar-refractivity contribution in [3.8, 4) is 11.1 Å². The fourth-order valence-corrected chi connectivity index (χ4v) is 3.61. The van der Waals surface area contributed by atoms with Gasteiger partial charge in [0.2, 0.25) is 5.78 Å². The lowest BCUT2D eigenvalue weighted by molar-refractivity contribution is 0.00701. The molecule has 0 atom stereocenters. The van der Waals surface area contributed by atoms with E-state index in [1.165, 1.54) is 31.5 Å². The third-order valence-electron chi connectivity index (χ3n) is 5.09. The molecule has 0 bridgehead atoms.